The van der Waals surface area contributed by atoms with Gasteiger partial charge in [-0.05, 0) is 12.3 Å². The number of hydrogen-bond donors (Lipinski definition) is 1. The van der Waals surface area contributed by atoms with Crippen LogP contribution in [0.25, 0.3) is 0 Å². The summed E-state index contributed by atoms with van der Waals surface area (Å²) in [5.41, 5.74) is 5.67. The van der Waals surface area contributed by atoms with Crippen LogP contribution in [0.15, 0.2) is 0 Å². The highest BCUT2D eigenvalue weighted by molar-refractivity contribution is 4.97. The van der Waals surface area contributed by atoms with Gasteiger partial charge in [0, 0.05) is 0 Å². The average molecular weight is 151 g/mol. The van der Waals surface area contributed by atoms with Crippen molar-refractivity contribution in [1.82, 2.24) is 0 Å². The SMILES string of the molecule is C#CC(N)CC1CCCCC1. The van der Waals surface area contributed by atoms with Gasteiger partial charge < -0.3 is 5.73 Å². The van der Waals surface area contributed by atoms with Crippen LogP contribution in [-0.2, 0) is 0 Å². The van der Waals surface area contributed by atoms with Crippen molar-refractivity contribution >= 4 is 0 Å². The second-order valence-electron chi connectivity index (χ2n) is 3.51. The van der Waals surface area contributed by atoms with E-state index in [0.717, 1.165) is 12.3 Å². The highest BCUT2D eigenvalue weighted by Crippen LogP contribution is 2.26. The third-order valence-corrected chi connectivity index (χ3v) is 2.53. The summed E-state index contributed by atoms with van der Waals surface area (Å²) in [4.78, 5) is 0. The molecule has 2 N–H and O–H groups in total. The summed E-state index contributed by atoms with van der Waals surface area (Å²) >= 11 is 0. The Labute approximate surface area is 69.4 Å². The normalized spacial score (nSPS) is 22.5. The lowest BCUT2D eigenvalue weighted by atomic mass is 9.85. The maximum absolute atomic E-state index is 5.67. The van der Waals surface area contributed by atoms with Crippen LogP contribution in [0.1, 0.15) is 38.5 Å². The van der Waals surface area contributed by atoms with E-state index in [1.165, 1.54) is 32.1 Å². The lowest BCUT2D eigenvalue weighted by molar-refractivity contribution is 0.332. The molecule has 1 fully saturated rings. The molecule has 0 heterocycles. The number of hydrogen-bond acceptors (Lipinski definition) is 1. The molecule has 0 aliphatic heterocycles. The molecular weight excluding hydrogens is 134 g/mol. The number of rotatable bonds is 2. The monoisotopic (exact) mass is 151 g/mol. The van der Waals surface area contributed by atoms with Gasteiger partial charge in [-0.1, -0.05) is 38.0 Å². The predicted molar refractivity (Wildman–Crippen MR) is 48.0 cm³/mol. The molecule has 0 radical (unpaired) electrons. The van der Waals surface area contributed by atoms with E-state index in [1.54, 1.807) is 0 Å². The first kappa shape index (κ1) is 8.62. The zero-order chi connectivity index (χ0) is 8.10. The first-order valence-corrected chi connectivity index (χ1v) is 4.54. The van der Waals surface area contributed by atoms with Crippen molar-refractivity contribution in [2.75, 3.05) is 0 Å². The minimum Gasteiger partial charge on any atom is -0.318 e. The zero-order valence-electron chi connectivity index (χ0n) is 7.05. The summed E-state index contributed by atoms with van der Waals surface area (Å²) in [5, 5.41) is 0. The molecule has 11 heavy (non-hydrogen) atoms. The Bertz CT molecular complexity index is 139. The predicted octanol–water partition coefficient (Wildman–Crippen LogP) is 1.92. The minimum absolute atomic E-state index is 0.00176. The molecule has 62 valence electrons. The molecule has 0 aromatic heterocycles. The Morgan fingerprint density at radius 2 is 2.00 bits per heavy atom. The quantitative estimate of drug-likeness (QED) is 0.599. The summed E-state index contributed by atoms with van der Waals surface area (Å²) in [7, 11) is 0. The van der Waals surface area contributed by atoms with Gasteiger partial charge in [0.15, 0.2) is 0 Å². The van der Waals surface area contributed by atoms with Crippen molar-refractivity contribution in [1.29, 1.82) is 0 Å². The highest BCUT2D eigenvalue weighted by atomic mass is 14.6. The minimum atomic E-state index is -0.00176. The van der Waals surface area contributed by atoms with Crippen LogP contribution in [-0.4, -0.2) is 6.04 Å². The molecule has 1 atom stereocenters. The lowest BCUT2D eigenvalue weighted by Crippen LogP contribution is -2.22. The molecular formula is C10H17N. The van der Waals surface area contributed by atoms with Crippen molar-refractivity contribution in [2.45, 2.75) is 44.6 Å². The fourth-order valence-electron chi connectivity index (χ4n) is 1.85. The number of terminal acetylenes is 1. The maximum Gasteiger partial charge on any atom is 0.0664 e. The van der Waals surface area contributed by atoms with E-state index in [9.17, 15) is 0 Å². The van der Waals surface area contributed by atoms with Crippen LogP contribution in [0.5, 0.6) is 0 Å². The molecule has 0 bridgehead atoms. The van der Waals surface area contributed by atoms with Gasteiger partial charge in [0.25, 0.3) is 0 Å². The topological polar surface area (TPSA) is 26.0 Å². The molecule has 1 aliphatic carbocycles. The van der Waals surface area contributed by atoms with Gasteiger partial charge in [-0.15, -0.1) is 6.42 Å². The van der Waals surface area contributed by atoms with Crippen LogP contribution in [0.4, 0.5) is 0 Å². The second kappa shape index (κ2) is 4.41. The molecule has 0 aromatic rings. The van der Waals surface area contributed by atoms with Gasteiger partial charge in [0.1, 0.15) is 0 Å². The molecule has 1 rings (SSSR count). The van der Waals surface area contributed by atoms with Gasteiger partial charge in [-0.3, -0.25) is 0 Å². The van der Waals surface area contributed by atoms with Crippen molar-refractivity contribution < 1.29 is 0 Å². The fourth-order valence-corrected chi connectivity index (χ4v) is 1.85. The van der Waals surface area contributed by atoms with Crippen LogP contribution >= 0.6 is 0 Å². The van der Waals surface area contributed by atoms with Crippen LogP contribution in [0.3, 0.4) is 0 Å². The van der Waals surface area contributed by atoms with E-state index in [-0.39, 0.29) is 6.04 Å². The van der Waals surface area contributed by atoms with Gasteiger partial charge in [0.05, 0.1) is 6.04 Å². The Morgan fingerprint density at radius 1 is 1.36 bits per heavy atom. The molecule has 1 nitrogen and oxygen atoms in total. The van der Waals surface area contributed by atoms with E-state index in [4.69, 9.17) is 12.2 Å². The smallest absolute Gasteiger partial charge is 0.0664 e. The van der Waals surface area contributed by atoms with Crippen molar-refractivity contribution in [3.05, 3.63) is 0 Å². The summed E-state index contributed by atoms with van der Waals surface area (Å²) in [5.74, 6) is 3.40. The van der Waals surface area contributed by atoms with Gasteiger partial charge >= 0.3 is 0 Å². The molecule has 1 unspecified atom stereocenters. The fraction of sp³-hybridized carbons (Fsp3) is 0.800. The third kappa shape index (κ3) is 2.95. The van der Waals surface area contributed by atoms with E-state index in [1.807, 2.05) is 0 Å². The molecule has 0 saturated heterocycles. The molecule has 1 heteroatoms. The average Bonchev–Trinajstić information content (AvgIpc) is 2.06. The first-order valence-electron chi connectivity index (χ1n) is 4.54. The van der Waals surface area contributed by atoms with E-state index in [2.05, 4.69) is 5.92 Å². The summed E-state index contributed by atoms with van der Waals surface area (Å²) < 4.78 is 0. The number of nitrogens with two attached hydrogens (primary N) is 1. The van der Waals surface area contributed by atoms with Gasteiger partial charge in [-0.2, -0.15) is 0 Å². The van der Waals surface area contributed by atoms with Gasteiger partial charge in [-0.25, -0.2) is 0 Å². The zero-order valence-corrected chi connectivity index (χ0v) is 7.05. The Morgan fingerprint density at radius 3 is 2.55 bits per heavy atom. The van der Waals surface area contributed by atoms with Crippen LogP contribution in [0.2, 0.25) is 0 Å². The molecule has 1 aliphatic rings. The summed E-state index contributed by atoms with van der Waals surface area (Å²) in [6.07, 6.45) is 13.1. The van der Waals surface area contributed by atoms with Crippen molar-refractivity contribution in [3.8, 4) is 12.3 Å². The largest absolute Gasteiger partial charge is 0.318 e. The van der Waals surface area contributed by atoms with E-state index < -0.39 is 0 Å². The Balaban J connectivity index is 2.20. The Hall–Kier alpha value is -0.480. The van der Waals surface area contributed by atoms with E-state index in [0.29, 0.717) is 0 Å². The van der Waals surface area contributed by atoms with Crippen molar-refractivity contribution in [3.63, 3.8) is 0 Å². The van der Waals surface area contributed by atoms with Gasteiger partial charge in [0.2, 0.25) is 0 Å². The van der Waals surface area contributed by atoms with Crippen molar-refractivity contribution in [2.24, 2.45) is 11.7 Å². The summed E-state index contributed by atoms with van der Waals surface area (Å²) in [6, 6.07) is -0.00176. The lowest BCUT2D eigenvalue weighted by Gasteiger charge is -2.22. The first-order chi connectivity index (χ1) is 5.33. The third-order valence-electron chi connectivity index (χ3n) is 2.53. The maximum atomic E-state index is 5.67. The van der Waals surface area contributed by atoms with Crippen LogP contribution in [0, 0.1) is 18.3 Å². The second-order valence-corrected chi connectivity index (χ2v) is 3.51. The highest BCUT2D eigenvalue weighted by Gasteiger charge is 2.15. The Kier molecular flexibility index (Phi) is 3.45. The summed E-state index contributed by atoms with van der Waals surface area (Å²) in [6.45, 7) is 0. The molecule has 0 aromatic carbocycles. The van der Waals surface area contributed by atoms with Crippen LogP contribution < -0.4 is 5.73 Å². The molecule has 0 spiro atoms. The molecule has 1 saturated carbocycles. The molecule has 0 amide bonds. The standard InChI is InChI=1S/C10H17N/c1-2-10(11)8-9-6-4-3-5-7-9/h1,9-10H,3-8,11H2. The van der Waals surface area contributed by atoms with E-state index >= 15 is 0 Å².